The van der Waals surface area contributed by atoms with Crippen LogP contribution in [0.3, 0.4) is 0 Å². The van der Waals surface area contributed by atoms with E-state index in [9.17, 15) is 0 Å². The van der Waals surface area contributed by atoms with Crippen molar-refractivity contribution in [2.24, 2.45) is 0 Å². The Bertz CT molecular complexity index is 2630. The third kappa shape index (κ3) is 7.21. The monoisotopic (exact) mass is 760 g/mol. The van der Waals surface area contributed by atoms with E-state index in [0.717, 1.165) is 114 Å². The molecule has 8 heteroatoms. The van der Waals surface area contributed by atoms with Crippen LogP contribution in [0.5, 0.6) is 11.5 Å². The van der Waals surface area contributed by atoms with E-state index in [1.807, 2.05) is 73.3 Å². The Balaban J connectivity index is 1.37. The van der Waals surface area contributed by atoms with Crippen molar-refractivity contribution in [3.8, 4) is 56.0 Å². The Morgan fingerprint density at radius 3 is 1.00 bits per heavy atom. The van der Waals surface area contributed by atoms with Gasteiger partial charge in [0.05, 0.1) is 35.0 Å². The largest absolute Gasteiger partial charge is 0.491 e. The molecule has 5 aromatic heterocycles. The summed E-state index contributed by atoms with van der Waals surface area (Å²) in [4.78, 5) is 27.1. The second kappa shape index (κ2) is 15.8. The summed E-state index contributed by atoms with van der Waals surface area (Å²) in [5.74, 6) is 1.67. The Hall–Kier alpha value is -7.06. The van der Waals surface area contributed by atoms with Crippen LogP contribution in [0.25, 0.3) is 90.9 Å². The van der Waals surface area contributed by atoms with Crippen LogP contribution < -0.4 is 9.47 Å². The highest BCUT2D eigenvalue weighted by Gasteiger charge is 2.19. The van der Waals surface area contributed by atoms with Gasteiger partial charge in [0.2, 0.25) is 0 Å². The number of rotatable bonds is 10. The summed E-state index contributed by atoms with van der Waals surface area (Å²) in [7, 11) is 0. The van der Waals surface area contributed by atoms with Crippen molar-refractivity contribution < 1.29 is 9.47 Å². The van der Waals surface area contributed by atoms with E-state index < -0.39 is 0 Å². The predicted molar refractivity (Wildman–Crippen MR) is 237 cm³/mol. The topological polar surface area (TPSA) is 102 Å². The molecule has 0 fully saturated rings. The van der Waals surface area contributed by atoms with Gasteiger partial charge >= 0.3 is 0 Å². The third-order valence-corrected chi connectivity index (χ3v) is 10.8. The fourth-order valence-electron chi connectivity index (χ4n) is 7.49. The highest BCUT2D eigenvalue weighted by Crippen LogP contribution is 2.39. The molecule has 8 bridgehead atoms. The van der Waals surface area contributed by atoms with E-state index in [0.29, 0.717) is 0 Å². The molecular formula is C50H44N6O2. The van der Waals surface area contributed by atoms with Gasteiger partial charge in [0.15, 0.2) is 0 Å². The molecule has 8 nitrogen and oxygen atoms in total. The van der Waals surface area contributed by atoms with Gasteiger partial charge in [-0.05, 0) is 146 Å². The first kappa shape index (κ1) is 36.6. The molecule has 58 heavy (non-hydrogen) atoms. The molecule has 9 rings (SSSR count). The van der Waals surface area contributed by atoms with Gasteiger partial charge in [-0.15, -0.1) is 0 Å². The highest BCUT2D eigenvalue weighted by atomic mass is 16.5. The van der Waals surface area contributed by atoms with Crippen molar-refractivity contribution in [3.63, 3.8) is 0 Å². The summed E-state index contributed by atoms with van der Waals surface area (Å²) in [6, 6.07) is 33.3. The Morgan fingerprint density at radius 1 is 0.414 bits per heavy atom. The van der Waals surface area contributed by atoms with Gasteiger partial charge in [0.25, 0.3) is 0 Å². The quantitative estimate of drug-likeness (QED) is 0.144. The summed E-state index contributed by atoms with van der Waals surface area (Å²) in [5, 5.41) is 0. The maximum Gasteiger partial charge on any atom is 0.119 e. The number of hydrogen-bond acceptors (Lipinski definition) is 6. The van der Waals surface area contributed by atoms with E-state index in [2.05, 4.69) is 120 Å². The molecule has 2 atom stereocenters. The Morgan fingerprint density at radius 2 is 0.707 bits per heavy atom. The zero-order chi connectivity index (χ0) is 39.6. The average molecular weight is 761 g/mol. The van der Waals surface area contributed by atoms with E-state index in [4.69, 9.17) is 19.4 Å². The minimum Gasteiger partial charge on any atom is -0.491 e. The smallest absolute Gasteiger partial charge is 0.119 e. The zero-order valence-electron chi connectivity index (χ0n) is 33.0. The van der Waals surface area contributed by atoms with Crippen LogP contribution in [0.2, 0.25) is 0 Å². The van der Waals surface area contributed by atoms with Gasteiger partial charge in [0, 0.05) is 69.1 Å². The molecule has 7 heterocycles. The molecule has 286 valence electrons. The molecule has 0 saturated carbocycles. The number of nitrogens with one attached hydrogen (secondary N) is 2. The number of H-pyrrole nitrogens is 2. The number of aromatic amines is 2. The van der Waals surface area contributed by atoms with E-state index in [1.165, 1.54) is 0 Å². The van der Waals surface area contributed by atoms with Gasteiger partial charge in [-0.25, -0.2) is 9.97 Å². The standard InChI is InChI=1S/C50H44N6O2/c1-5-31(3)57-37-11-7-33(8-12-37)47-39-15-19-43(53-39)49(35-23-27-51-28-24-35)45-21-17-41(55-45)48(34-9-13-38(14-10-34)58-32(4)6-2)42-18-22-46(56-42)50(36-25-29-52-30-26-36)44-20-16-40(47)54-44/h7-32,53,56H,5-6H2,1-4H3/t31-,32-/m1/s1. The van der Waals surface area contributed by atoms with E-state index >= 15 is 0 Å². The Labute approximate surface area is 338 Å². The van der Waals surface area contributed by atoms with Crippen LogP contribution in [0, 0.1) is 0 Å². The SMILES string of the molecule is CC[C@@H](C)Oc1ccc(-c2c3nc(c(-c4ccncc4)c4ccc([nH]4)c(-c4ccc(O[C@H](C)CC)cc4)c4nc(c(-c5ccncc5)c5ccc2[nH]5)C=C4)C=C3)cc1. The van der Waals surface area contributed by atoms with Crippen LogP contribution in [0.15, 0.2) is 122 Å². The molecular weight excluding hydrogens is 717 g/mol. The average Bonchev–Trinajstić information content (AvgIpc) is 4.11. The van der Waals surface area contributed by atoms with Crippen molar-refractivity contribution in [2.45, 2.75) is 52.7 Å². The van der Waals surface area contributed by atoms with Crippen molar-refractivity contribution >= 4 is 46.4 Å². The number of pyridine rings is 2. The number of ether oxygens (including phenoxy) is 2. The van der Waals surface area contributed by atoms with Gasteiger partial charge in [-0.2, -0.15) is 0 Å². The van der Waals surface area contributed by atoms with Gasteiger partial charge in [0.1, 0.15) is 11.5 Å². The molecule has 0 unspecified atom stereocenters. The minimum atomic E-state index is 0.123. The number of hydrogen-bond donors (Lipinski definition) is 2. The van der Waals surface area contributed by atoms with E-state index in [-0.39, 0.29) is 12.2 Å². The lowest BCUT2D eigenvalue weighted by atomic mass is 10.0. The molecule has 0 radical (unpaired) electrons. The molecule has 2 aliphatic heterocycles. The lowest BCUT2D eigenvalue weighted by Gasteiger charge is -2.13. The first-order valence-electron chi connectivity index (χ1n) is 20.0. The molecule has 0 aliphatic carbocycles. The van der Waals surface area contributed by atoms with Crippen LogP contribution in [-0.4, -0.2) is 42.1 Å². The molecule has 7 aromatic rings. The lowest BCUT2D eigenvalue weighted by molar-refractivity contribution is 0.217. The predicted octanol–water partition coefficient (Wildman–Crippen LogP) is 12.5. The summed E-state index contributed by atoms with van der Waals surface area (Å²) >= 11 is 0. The lowest BCUT2D eigenvalue weighted by Crippen LogP contribution is -2.09. The minimum absolute atomic E-state index is 0.123. The molecule has 0 saturated heterocycles. The maximum atomic E-state index is 6.17. The number of nitrogens with zero attached hydrogens (tertiary/aromatic N) is 4. The van der Waals surface area contributed by atoms with Gasteiger partial charge in [-0.3, -0.25) is 9.97 Å². The molecule has 0 amide bonds. The second-order valence-corrected chi connectivity index (χ2v) is 14.7. The van der Waals surface area contributed by atoms with Crippen molar-refractivity contribution in [1.82, 2.24) is 29.9 Å². The third-order valence-electron chi connectivity index (χ3n) is 10.8. The normalized spacial score (nSPS) is 13.0. The fourth-order valence-corrected chi connectivity index (χ4v) is 7.49. The Kier molecular flexibility index (Phi) is 9.98. The molecule has 2 aromatic carbocycles. The van der Waals surface area contributed by atoms with Gasteiger partial charge < -0.3 is 19.4 Å². The summed E-state index contributed by atoms with van der Waals surface area (Å²) in [5.41, 5.74) is 15.0. The molecule has 2 N–H and O–H groups in total. The van der Waals surface area contributed by atoms with Crippen molar-refractivity contribution in [1.29, 1.82) is 0 Å². The zero-order valence-corrected chi connectivity index (χ0v) is 33.0. The maximum absolute atomic E-state index is 6.17. The van der Waals surface area contributed by atoms with Crippen molar-refractivity contribution in [3.05, 3.63) is 145 Å². The van der Waals surface area contributed by atoms with Crippen LogP contribution in [0.4, 0.5) is 0 Å². The number of aromatic nitrogens is 6. The van der Waals surface area contributed by atoms with Gasteiger partial charge in [-0.1, -0.05) is 38.1 Å². The van der Waals surface area contributed by atoms with Crippen LogP contribution in [0.1, 0.15) is 63.3 Å². The van der Waals surface area contributed by atoms with Crippen molar-refractivity contribution in [2.75, 3.05) is 0 Å². The second-order valence-electron chi connectivity index (χ2n) is 14.7. The number of fused-ring (bicyclic) bond motifs is 8. The summed E-state index contributed by atoms with van der Waals surface area (Å²) < 4.78 is 12.3. The highest BCUT2D eigenvalue weighted by molar-refractivity contribution is 5.99. The van der Waals surface area contributed by atoms with Crippen LogP contribution in [-0.2, 0) is 0 Å². The first-order chi connectivity index (χ1) is 28.4. The fraction of sp³-hybridized carbons (Fsp3) is 0.160. The number of benzene rings is 2. The summed E-state index contributed by atoms with van der Waals surface area (Å²) in [6.45, 7) is 8.44. The molecule has 0 spiro atoms. The van der Waals surface area contributed by atoms with Crippen LogP contribution >= 0.6 is 0 Å². The molecule has 2 aliphatic rings. The first-order valence-corrected chi connectivity index (χ1v) is 20.0. The summed E-state index contributed by atoms with van der Waals surface area (Å²) in [6.07, 6.45) is 17.8. The van der Waals surface area contributed by atoms with E-state index in [1.54, 1.807) is 0 Å².